The maximum absolute atomic E-state index is 13.3. The molecule has 0 saturated heterocycles. The fourth-order valence-corrected chi connectivity index (χ4v) is 3.62. The SMILES string of the molecule is NC(=O)c1cc(Cl)ccc1OCC(=O)N1c2ccccc2OC[C@@H]1c1ccccc1. The van der Waals surface area contributed by atoms with Crippen LogP contribution in [0.5, 0.6) is 11.5 Å². The summed E-state index contributed by atoms with van der Waals surface area (Å²) in [5.74, 6) is -0.121. The molecule has 0 unspecified atom stereocenters. The van der Waals surface area contributed by atoms with Gasteiger partial charge in [0.05, 0.1) is 17.3 Å². The Bertz CT molecular complexity index is 1090. The summed E-state index contributed by atoms with van der Waals surface area (Å²) >= 11 is 5.94. The van der Waals surface area contributed by atoms with Crippen molar-refractivity contribution in [2.24, 2.45) is 5.73 Å². The highest BCUT2D eigenvalue weighted by atomic mass is 35.5. The molecule has 3 aromatic carbocycles. The molecule has 0 saturated carbocycles. The third kappa shape index (κ3) is 3.95. The minimum Gasteiger partial charge on any atom is -0.489 e. The molecule has 2 N–H and O–H groups in total. The van der Waals surface area contributed by atoms with Crippen molar-refractivity contribution in [1.82, 2.24) is 0 Å². The molecule has 0 radical (unpaired) electrons. The molecule has 6 nitrogen and oxygen atoms in total. The standard InChI is InChI=1S/C23H19ClN2O4/c24-16-10-11-20(17(12-16)23(25)28)30-14-22(27)26-18-8-4-5-9-21(18)29-13-19(26)15-6-2-1-3-7-15/h1-12,19H,13-14H2,(H2,25,28)/t19-/m1/s1. The molecule has 30 heavy (non-hydrogen) atoms. The molecule has 152 valence electrons. The molecule has 0 bridgehead atoms. The number of nitrogens with zero attached hydrogens (tertiary/aromatic N) is 1. The number of hydrogen-bond acceptors (Lipinski definition) is 4. The zero-order chi connectivity index (χ0) is 21.1. The summed E-state index contributed by atoms with van der Waals surface area (Å²) < 4.78 is 11.6. The molecule has 2 amide bonds. The molecule has 1 atom stereocenters. The largest absolute Gasteiger partial charge is 0.489 e. The van der Waals surface area contributed by atoms with E-state index in [2.05, 4.69) is 0 Å². The van der Waals surface area contributed by atoms with Gasteiger partial charge in [-0.25, -0.2) is 0 Å². The first-order valence-corrected chi connectivity index (χ1v) is 9.73. The minimum absolute atomic E-state index is 0.122. The molecule has 0 aromatic heterocycles. The third-order valence-electron chi connectivity index (χ3n) is 4.84. The van der Waals surface area contributed by atoms with E-state index in [1.807, 2.05) is 54.6 Å². The number of hydrogen-bond donors (Lipinski definition) is 1. The van der Waals surface area contributed by atoms with Gasteiger partial charge in [0.15, 0.2) is 6.61 Å². The number of benzene rings is 3. The summed E-state index contributed by atoms with van der Waals surface area (Å²) in [6.07, 6.45) is 0. The molecule has 1 heterocycles. The number of carbonyl (C=O) groups is 2. The topological polar surface area (TPSA) is 81.9 Å². The van der Waals surface area contributed by atoms with Crippen molar-refractivity contribution < 1.29 is 19.1 Å². The maximum Gasteiger partial charge on any atom is 0.265 e. The van der Waals surface area contributed by atoms with E-state index < -0.39 is 5.91 Å². The number of nitrogens with two attached hydrogens (primary N) is 1. The predicted octanol–water partition coefficient (Wildman–Crippen LogP) is 3.98. The molecule has 7 heteroatoms. The van der Waals surface area contributed by atoms with Crippen LogP contribution in [0.3, 0.4) is 0 Å². The van der Waals surface area contributed by atoms with Crippen molar-refractivity contribution in [3.05, 3.63) is 88.9 Å². The monoisotopic (exact) mass is 422 g/mol. The van der Waals surface area contributed by atoms with Crippen molar-refractivity contribution in [3.8, 4) is 11.5 Å². The highest BCUT2D eigenvalue weighted by molar-refractivity contribution is 6.31. The van der Waals surface area contributed by atoms with Crippen LogP contribution >= 0.6 is 11.6 Å². The first kappa shape index (κ1) is 19.8. The van der Waals surface area contributed by atoms with E-state index in [0.29, 0.717) is 23.1 Å². The Morgan fingerprint density at radius 3 is 2.57 bits per heavy atom. The second-order valence-electron chi connectivity index (χ2n) is 6.76. The molecular formula is C23H19ClN2O4. The van der Waals surface area contributed by atoms with Crippen LogP contribution in [0.1, 0.15) is 22.0 Å². The van der Waals surface area contributed by atoms with Crippen LogP contribution in [0.4, 0.5) is 5.69 Å². The van der Waals surface area contributed by atoms with Gasteiger partial charge in [0.25, 0.3) is 11.8 Å². The van der Waals surface area contributed by atoms with Crippen molar-refractivity contribution in [3.63, 3.8) is 0 Å². The smallest absolute Gasteiger partial charge is 0.265 e. The molecule has 0 fully saturated rings. The van der Waals surface area contributed by atoms with Crippen molar-refractivity contribution in [2.75, 3.05) is 18.1 Å². The Balaban J connectivity index is 1.63. The number of fused-ring (bicyclic) bond motifs is 1. The van der Waals surface area contributed by atoms with Gasteiger partial charge in [-0.3, -0.25) is 14.5 Å². The number of amides is 2. The Morgan fingerprint density at radius 1 is 1.07 bits per heavy atom. The zero-order valence-corrected chi connectivity index (χ0v) is 16.7. The lowest BCUT2D eigenvalue weighted by Crippen LogP contribution is -2.43. The molecule has 4 rings (SSSR count). The first-order valence-electron chi connectivity index (χ1n) is 9.35. The zero-order valence-electron chi connectivity index (χ0n) is 16.0. The lowest BCUT2D eigenvalue weighted by molar-refractivity contribution is -0.121. The Morgan fingerprint density at radius 2 is 1.80 bits per heavy atom. The third-order valence-corrected chi connectivity index (χ3v) is 5.08. The maximum atomic E-state index is 13.3. The van der Waals surface area contributed by atoms with E-state index in [4.69, 9.17) is 26.8 Å². The van der Waals surface area contributed by atoms with E-state index >= 15 is 0 Å². The Labute approximate surface area is 178 Å². The number of primary amides is 1. The highest BCUT2D eigenvalue weighted by Gasteiger charge is 2.33. The number of para-hydroxylation sites is 2. The van der Waals surface area contributed by atoms with Crippen LogP contribution in [-0.4, -0.2) is 25.0 Å². The molecule has 1 aliphatic rings. The average molecular weight is 423 g/mol. The van der Waals surface area contributed by atoms with Gasteiger partial charge in [-0.15, -0.1) is 0 Å². The number of anilines is 1. The predicted molar refractivity (Wildman–Crippen MR) is 114 cm³/mol. The van der Waals surface area contributed by atoms with Gasteiger partial charge >= 0.3 is 0 Å². The van der Waals surface area contributed by atoms with Crippen LogP contribution in [-0.2, 0) is 4.79 Å². The van der Waals surface area contributed by atoms with Crippen LogP contribution in [0.25, 0.3) is 0 Å². The first-order chi connectivity index (χ1) is 14.5. The highest BCUT2D eigenvalue weighted by Crippen LogP contribution is 2.39. The Kier molecular flexibility index (Phi) is 5.59. The summed E-state index contributed by atoms with van der Waals surface area (Å²) in [6, 6.07) is 21.2. The van der Waals surface area contributed by atoms with E-state index in [0.717, 1.165) is 5.56 Å². The van der Waals surface area contributed by atoms with Crippen LogP contribution in [0.15, 0.2) is 72.8 Å². The van der Waals surface area contributed by atoms with Gasteiger partial charge < -0.3 is 15.2 Å². The summed E-state index contributed by atoms with van der Waals surface area (Å²) in [5.41, 5.74) is 7.14. The fourth-order valence-electron chi connectivity index (χ4n) is 3.45. The van der Waals surface area contributed by atoms with Crippen LogP contribution < -0.4 is 20.1 Å². The average Bonchev–Trinajstić information content (AvgIpc) is 2.77. The van der Waals surface area contributed by atoms with E-state index in [1.54, 1.807) is 11.0 Å². The summed E-state index contributed by atoms with van der Waals surface area (Å²) in [4.78, 5) is 26.6. The van der Waals surface area contributed by atoms with Gasteiger partial charge in [-0.1, -0.05) is 54.1 Å². The lowest BCUT2D eigenvalue weighted by Gasteiger charge is -2.37. The van der Waals surface area contributed by atoms with Gasteiger partial charge in [-0.05, 0) is 35.9 Å². The molecule has 1 aliphatic heterocycles. The van der Waals surface area contributed by atoms with Gasteiger partial charge in [0, 0.05) is 5.02 Å². The number of carbonyl (C=O) groups excluding carboxylic acids is 2. The fraction of sp³-hybridized carbons (Fsp3) is 0.130. The van der Waals surface area contributed by atoms with Gasteiger partial charge in [0.1, 0.15) is 18.1 Å². The lowest BCUT2D eigenvalue weighted by atomic mass is 10.0. The summed E-state index contributed by atoms with van der Waals surface area (Å²) in [5, 5.41) is 0.355. The van der Waals surface area contributed by atoms with E-state index in [-0.39, 0.29) is 29.9 Å². The molecule has 3 aromatic rings. The van der Waals surface area contributed by atoms with Crippen molar-refractivity contribution in [1.29, 1.82) is 0 Å². The minimum atomic E-state index is -0.682. The summed E-state index contributed by atoms with van der Waals surface area (Å²) in [7, 11) is 0. The normalized spacial score (nSPS) is 15.1. The number of ether oxygens (including phenoxy) is 2. The molecular weight excluding hydrogens is 404 g/mol. The Hall–Kier alpha value is -3.51. The van der Waals surface area contributed by atoms with Crippen LogP contribution in [0, 0.1) is 0 Å². The summed E-state index contributed by atoms with van der Waals surface area (Å²) in [6.45, 7) is 0.0415. The van der Waals surface area contributed by atoms with E-state index in [9.17, 15) is 9.59 Å². The molecule has 0 aliphatic carbocycles. The van der Waals surface area contributed by atoms with Crippen molar-refractivity contribution >= 4 is 29.1 Å². The van der Waals surface area contributed by atoms with Crippen molar-refractivity contribution in [2.45, 2.75) is 6.04 Å². The van der Waals surface area contributed by atoms with Gasteiger partial charge in [0.2, 0.25) is 0 Å². The van der Waals surface area contributed by atoms with Crippen LogP contribution in [0.2, 0.25) is 5.02 Å². The van der Waals surface area contributed by atoms with E-state index in [1.165, 1.54) is 12.1 Å². The molecule has 0 spiro atoms. The quantitative estimate of drug-likeness (QED) is 0.674. The second kappa shape index (κ2) is 8.47. The number of halogens is 1. The number of rotatable bonds is 5. The second-order valence-corrected chi connectivity index (χ2v) is 7.20. The van der Waals surface area contributed by atoms with Gasteiger partial charge in [-0.2, -0.15) is 0 Å².